The van der Waals surface area contributed by atoms with Crippen molar-refractivity contribution in [3.05, 3.63) is 47.5 Å². The molecule has 0 radical (unpaired) electrons. The maximum absolute atomic E-state index is 6.25. The third-order valence-corrected chi connectivity index (χ3v) is 4.22. The van der Waals surface area contributed by atoms with E-state index in [0.29, 0.717) is 0 Å². The summed E-state index contributed by atoms with van der Waals surface area (Å²) in [5.41, 5.74) is 11.2. The molecule has 0 saturated heterocycles. The number of benzene rings is 2. The lowest BCUT2D eigenvalue weighted by atomic mass is 9.86. The Morgan fingerprint density at radius 2 is 1.67 bits per heavy atom. The molecule has 3 heteroatoms. The van der Waals surface area contributed by atoms with Crippen molar-refractivity contribution in [3.63, 3.8) is 0 Å². The SMILES string of the molecule is COc1ccc(-c2ccc3c(c2)C(N)CCC3)cc1OC. The average molecular weight is 283 g/mol. The number of hydrogen-bond acceptors (Lipinski definition) is 3. The molecule has 0 saturated carbocycles. The summed E-state index contributed by atoms with van der Waals surface area (Å²) in [6.45, 7) is 0. The molecule has 3 nitrogen and oxygen atoms in total. The molecule has 2 aromatic carbocycles. The largest absolute Gasteiger partial charge is 0.493 e. The number of ether oxygens (including phenoxy) is 2. The summed E-state index contributed by atoms with van der Waals surface area (Å²) in [5.74, 6) is 1.49. The van der Waals surface area contributed by atoms with Crippen molar-refractivity contribution >= 4 is 0 Å². The Morgan fingerprint density at radius 3 is 2.43 bits per heavy atom. The minimum atomic E-state index is 0.161. The summed E-state index contributed by atoms with van der Waals surface area (Å²) in [6, 6.07) is 12.8. The first kappa shape index (κ1) is 14.0. The molecule has 21 heavy (non-hydrogen) atoms. The van der Waals surface area contributed by atoms with Crippen LogP contribution in [0.25, 0.3) is 11.1 Å². The van der Waals surface area contributed by atoms with E-state index in [-0.39, 0.29) is 6.04 Å². The lowest BCUT2D eigenvalue weighted by Gasteiger charge is -2.23. The number of nitrogens with two attached hydrogens (primary N) is 1. The van der Waals surface area contributed by atoms with Gasteiger partial charge in [0.25, 0.3) is 0 Å². The number of fused-ring (bicyclic) bond motifs is 1. The molecule has 1 unspecified atom stereocenters. The fraction of sp³-hybridized carbons (Fsp3) is 0.333. The lowest BCUT2D eigenvalue weighted by molar-refractivity contribution is 0.355. The van der Waals surface area contributed by atoms with E-state index < -0.39 is 0 Å². The molecule has 2 N–H and O–H groups in total. The van der Waals surface area contributed by atoms with Gasteiger partial charge in [-0.25, -0.2) is 0 Å². The van der Waals surface area contributed by atoms with Crippen molar-refractivity contribution in [2.45, 2.75) is 25.3 Å². The first-order valence-electron chi connectivity index (χ1n) is 7.33. The van der Waals surface area contributed by atoms with Gasteiger partial charge in [-0.1, -0.05) is 18.2 Å². The van der Waals surface area contributed by atoms with E-state index in [1.807, 2.05) is 12.1 Å². The van der Waals surface area contributed by atoms with Crippen LogP contribution in [0, 0.1) is 0 Å². The Balaban J connectivity index is 2.03. The van der Waals surface area contributed by atoms with Crippen molar-refractivity contribution in [2.75, 3.05) is 14.2 Å². The molecule has 0 aliphatic heterocycles. The predicted octanol–water partition coefficient (Wildman–Crippen LogP) is 3.71. The zero-order valence-electron chi connectivity index (χ0n) is 12.6. The van der Waals surface area contributed by atoms with Gasteiger partial charge < -0.3 is 15.2 Å². The molecule has 0 bridgehead atoms. The van der Waals surface area contributed by atoms with Gasteiger partial charge in [0.1, 0.15) is 0 Å². The molecule has 2 aromatic rings. The second kappa shape index (κ2) is 5.78. The summed E-state index contributed by atoms with van der Waals surface area (Å²) in [4.78, 5) is 0. The van der Waals surface area contributed by atoms with Crippen LogP contribution in [0.1, 0.15) is 30.0 Å². The van der Waals surface area contributed by atoms with Gasteiger partial charge in [-0.3, -0.25) is 0 Å². The highest BCUT2D eigenvalue weighted by Gasteiger charge is 2.17. The highest BCUT2D eigenvalue weighted by Crippen LogP contribution is 2.35. The molecule has 0 fully saturated rings. The highest BCUT2D eigenvalue weighted by molar-refractivity contribution is 5.68. The van der Waals surface area contributed by atoms with Gasteiger partial charge in [-0.2, -0.15) is 0 Å². The van der Waals surface area contributed by atoms with Crippen molar-refractivity contribution in [2.24, 2.45) is 5.73 Å². The van der Waals surface area contributed by atoms with Gasteiger partial charge in [0, 0.05) is 6.04 Å². The van der Waals surface area contributed by atoms with Gasteiger partial charge in [0.15, 0.2) is 11.5 Å². The van der Waals surface area contributed by atoms with E-state index in [2.05, 4.69) is 24.3 Å². The quantitative estimate of drug-likeness (QED) is 0.934. The van der Waals surface area contributed by atoms with Crippen LogP contribution in [-0.4, -0.2) is 14.2 Å². The standard InChI is InChI=1S/C18H21NO2/c1-20-17-9-8-14(11-18(17)21-2)13-7-6-12-4-3-5-16(19)15(12)10-13/h6-11,16H,3-5,19H2,1-2H3. The van der Waals surface area contributed by atoms with Gasteiger partial charge >= 0.3 is 0 Å². The number of hydrogen-bond donors (Lipinski definition) is 1. The fourth-order valence-corrected chi connectivity index (χ4v) is 3.03. The Kier molecular flexibility index (Phi) is 3.84. The van der Waals surface area contributed by atoms with E-state index in [1.54, 1.807) is 14.2 Å². The van der Waals surface area contributed by atoms with Gasteiger partial charge in [0.05, 0.1) is 14.2 Å². The molecule has 1 atom stereocenters. The van der Waals surface area contributed by atoms with Crippen LogP contribution in [0.4, 0.5) is 0 Å². The first-order valence-corrected chi connectivity index (χ1v) is 7.33. The topological polar surface area (TPSA) is 44.5 Å². The molecule has 1 aliphatic carbocycles. The van der Waals surface area contributed by atoms with Crippen LogP contribution in [0.5, 0.6) is 11.5 Å². The summed E-state index contributed by atoms with van der Waals surface area (Å²) < 4.78 is 10.7. The fourth-order valence-electron chi connectivity index (χ4n) is 3.03. The van der Waals surface area contributed by atoms with E-state index in [4.69, 9.17) is 15.2 Å². The maximum Gasteiger partial charge on any atom is 0.161 e. The summed E-state index contributed by atoms with van der Waals surface area (Å²) in [6.07, 6.45) is 3.39. The van der Waals surface area contributed by atoms with Crippen LogP contribution in [0.3, 0.4) is 0 Å². The maximum atomic E-state index is 6.25. The van der Waals surface area contributed by atoms with Crippen LogP contribution < -0.4 is 15.2 Å². The van der Waals surface area contributed by atoms with Crippen molar-refractivity contribution in [1.82, 2.24) is 0 Å². The van der Waals surface area contributed by atoms with Gasteiger partial charge in [-0.05, 0) is 59.7 Å². The van der Waals surface area contributed by atoms with Crippen LogP contribution in [0.2, 0.25) is 0 Å². The van der Waals surface area contributed by atoms with Gasteiger partial charge in [0.2, 0.25) is 0 Å². The Morgan fingerprint density at radius 1 is 0.952 bits per heavy atom. The third-order valence-electron chi connectivity index (χ3n) is 4.22. The molecular weight excluding hydrogens is 262 g/mol. The number of rotatable bonds is 3. The zero-order chi connectivity index (χ0) is 14.8. The molecule has 110 valence electrons. The van der Waals surface area contributed by atoms with Crippen LogP contribution in [0.15, 0.2) is 36.4 Å². The minimum Gasteiger partial charge on any atom is -0.493 e. The summed E-state index contributed by atoms with van der Waals surface area (Å²) >= 11 is 0. The monoisotopic (exact) mass is 283 g/mol. The Bertz CT molecular complexity index is 652. The molecule has 0 aromatic heterocycles. The van der Waals surface area contributed by atoms with E-state index in [0.717, 1.165) is 29.9 Å². The summed E-state index contributed by atoms with van der Waals surface area (Å²) in [7, 11) is 3.31. The van der Waals surface area contributed by atoms with E-state index in [9.17, 15) is 0 Å². The zero-order valence-corrected chi connectivity index (χ0v) is 12.6. The lowest BCUT2D eigenvalue weighted by Crippen LogP contribution is -2.17. The first-order chi connectivity index (χ1) is 10.2. The van der Waals surface area contributed by atoms with Crippen LogP contribution in [-0.2, 0) is 6.42 Å². The highest BCUT2D eigenvalue weighted by atomic mass is 16.5. The molecular formula is C18H21NO2. The number of aryl methyl sites for hydroxylation is 1. The van der Waals surface area contributed by atoms with Crippen molar-refractivity contribution in [1.29, 1.82) is 0 Å². The molecule has 1 aliphatic rings. The van der Waals surface area contributed by atoms with Crippen molar-refractivity contribution < 1.29 is 9.47 Å². The Labute approximate surface area is 125 Å². The van der Waals surface area contributed by atoms with Crippen molar-refractivity contribution in [3.8, 4) is 22.6 Å². The molecule has 0 heterocycles. The smallest absolute Gasteiger partial charge is 0.161 e. The normalized spacial score (nSPS) is 17.2. The Hall–Kier alpha value is -2.00. The minimum absolute atomic E-state index is 0.161. The molecule has 0 spiro atoms. The second-order valence-corrected chi connectivity index (χ2v) is 5.48. The molecule has 3 rings (SSSR count). The van der Waals surface area contributed by atoms with E-state index >= 15 is 0 Å². The average Bonchev–Trinajstić information content (AvgIpc) is 2.54. The second-order valence-electron chi connectivity index (χ2n) is 5.48. The van der Waals surface area contributed by atoms with E-state index in [1.165, 1.54) is 23.1 Å². The molecule has 0 amide bonds. The number of methoxy groups -OCH3 is 2. The van der Waals surface area contributed by atoms with Gasteiger partial charge in [-0.15, -0.1) is 0 Å². The summed E-state index contributed by atoms with van der Waals surface area (Å²) in [5, 5.41) is 0. The predicted molar refractivity (Wildman–Crippen MR) is 84.8 cm³/mol. The van der Waals surface area contributed by atoms with Crippen LogP contribution >= 0.6 is 0 Å². The third kappa shape index (κ3) is 2.61.